The summed E-state index contributed by atoms with van der Waals surface area (Å²) >= 11 is 0. The maximum Gasteiger partial charge on any atom is 0.251 e. The number of carbonyl (C=O) groups is 1. The van der Waals surface area contributed by atoms with E-state index >= 15 is 0 Å². The second-order valence-corrected chi connectivity index (χ2v) is 3.14. The van der Waals surface area contributed by atoms with Crippen LogP contribution >= 0.6 is 0 Å². The highest BCUT2D eigenvalue weighted by Gasteiger charge is 2.25. The van der Waals surface area contributed by atoms with Gasteiger partial charge in [-0.05, 0) is 13.3 Å². The second-order valence-electron chi connectivity index (χ2n) is 3.14. The van der Waals surface area contributed by atoms with Crippen LogP contribution in [0.5, 0.6) is 0 Å². The fourth-order valence-electron chi connectivity index (χ4n) is 1.30. The lowest BCUT2D eigenvalue weighted by Gasteiger charge is -2.24. The van der Waals surface area contributed by atoms with Gasteiger partial charge in [0.1, 0.15) is 6.10 Å². The number of likely N-dealkylation sites (N-methyl/N-ethyl adjacent to an activating group) is 1. The number of rotatable bonds is 2. The summed E-state index contributed by atoms with van der Waals surface area (Å²) in [6.45, 7) is 2.78. The largest absolute Gasteiger partial charge is 0.384 e. The van der Waals surface area contributed by atoms with Crippen LogP contribution in [-0.4, -0.2) is 48.3 Å². The number of hydrogen-bond donors (Lipinski definition) is 1. The van der Waals surface area contributed by atoms with Crippen LogP contribution in [-0.2, 0) is 9.53 Å². The molecule has 0 bridgehead atoms. The summed E-state index contributed by atoms with van der Waals surface area (Å²) in [5, 5.41) is 9.02. The van der Waals surface area contributed by atoms with E-state index in [4.69, 9.17) is 9.84 Å². The van der Waals surface area contributed by atoms with Gasteiger partial charge in [-0.25, -0.2) is 0 Å². The number of amides is 1. The Morgan fingerprint density at radius 2 is 2.42 bits per heavy atom. The van der Waals surface area contributed by atoms with E-state index in [9.17, 15) is 4.79 Å². The van der Waals surface area contributed by atoms with Gasteiger partial charge in [0.15, 0.2) is 0 Å². The molecule has 1 aliphatic rings. The van der Waals surface area contributed by atoms with E-state index in [-0.39, 0.29) is 11.9 Å². The average molecular weight is 173 g/mol. The van der Waals surface area contributed by atoms with Crippen molar-refractivity contribution in [1.29, 1.82) is 0 Å². The molecule has 1 saturated heterocycles. The topological polar surface area (TPSA) is 49.8 Å². The zero-order valence-electron chi connectivity index (χ0n) is 7.49. The first-order valence-corrected chi connectivity index (χ1v) is 4.15. The second kappa shape index (κ2) is 3.87. The van der Waals surface area contributed by atoms with Crippen LogP contribution in [0.1, 0.15) is 13.3 Å². The Hall–Kier alpha value is -0.610. The quantitative estimate of drug-likeness (QED) is 0.619. The molecule has 1 fully saturated rings. The van der Waals surface area contributed by atoms with Crippen LogP contribution in [0.3, 0.4) is 0 Å². The van der Waals surface area contributed by atoms with E-state index in [1.165, 1.54) is 6.92 Å². The summed E-state index contributed by atoms with van der Waals surface area (Å²) in [5.41, 5.74) is 0. The molecule has 4 heteroatoms. The lowest BCUT2D eigenvalue weighted by molar-refractivity contribution is -0.140. The monoisotopic (exact) mass is 173 g/mol. The van der Waals surface area contributed by atoms with Gasteiger partial charge < -0.3 is 14.7 Å². The fraction of sp³-hybridized carbons (Fsp3) is 0.875. The first-order chi connectivity index (χ1) is 5.63. The van der Waals surface area contributed by atoms with Gasteiger partial charge in [-0.2, -0.15) is 0 Å². The van der Waals surface area contributed by atoms with Crippen molar-refractivity contribution in [2.45, 2.75) is 25.5 Å². The standard InChI is InChI=1S/C8H15NO3/c1-6(10)8(11)9(2)7-3-4-12-5-7/h6-7,10H,3-5H2,1-2H3/t6-,7?/m0/s1. The zero-order chi connectivity index (χ0) is 9.14. The molecule has 70 valence electrons. The molecule has 0 saturated carbocycles. The first kappa shape index (κ1) is 9.48. The average Bonchev–Trinajstić information content (AvgIpc) is 2.53. The lowest BCUT2D eigenvalue weighted by Crippen LogP contribution is -2.42. The Bertz CT molecular complexity index is 164. The number of aliphatic hydroxyl groups excluding tert-OH is 1. The maximum absolute atomic E-state index is 11.3. The number of carbonyl (C=O) groups excluding carboxylic acids is 1. The number of nitrogens with zero attached hydrogens (tertiary/aromatic N) is 1. The van der Waals surface area contributed by atoms with Crippen molar-refractivity contribution in [2.75, 3.05) is 20.3 Å². The third-order valence-electron chi connectivity index (χ3n) is 2.16. The molecular weight excluding hydrogens is 158 g/mol. The fourth-order valence-corrected chi connectivity index (χ4v) is 1.30. The van der Waals surface area contributed by atoms with Crippen LogP contribution in [0, 0.1) is 0 Å². The molecule has 0 aromatic heterocycles. The third kappa shape index (κ3) is 1.95. The predicted molar refractivity (Wildman–Crippen MR) is 43.7 cm³/mol. The van der Waals surface area contributed by atoms with Crippen molar-refractivity contribution in [3.05, 3.63) is 0 Å². The van der Waals surface area contributed by atoms with Crippen LogP contribution in [0.15, 0.2) is 0 Å². The van der Waals surface area contributed by atoms with Gasteiger partial charge in [-0.15, -0.1) is 0 Å². The molecular formula is C8H15NO3. The minimum atomic E-state index is -0.907. The molecule has 0 spiro atoms. The zero-order valence-corrected chi connectivity index (χ0v) is 7.49. The van der Waals surface area contributed by atoms with E-state index < -0.39 is 6.10 Å². The normalized spacial score (nSPS) is 25.4. The Morgan fingerprint density at radius 3 is 2.83 bits per heavy atom. The van der Waals surface area contributed by atoms with Crippen molar-refractivity contribution < 1.29 is 14.6 Å². The molecule has 1 amide bonds. The molecule has 0 aliphatic carbocycles. The van der Waals surface area contributed by atoms with Gasteiger partial charge in [0.2, 0.25) is 0 Å². The van der Waals surface area contributed by atoms with E-state index in [2.05, 4.69) is 0 Å². The molecule has 4 nitrogen and oxygen atoms in total. The van der Waals surface area contributed by atoms with Crippen molar-refractivity contribution in [3.8, 4) is 0 Å². The van der Waals surface area contributed by atoms with Crippen molar-refractivity contribution in [2.24, 2.45) is 0 Å². The molecule has 0 radical (unpaired) electrons. The van der Waals surface area contributed by atoms with Gasteiger partial charge in [-0.3, -0.25) is 4.79 Å². The summed E-state index contributed by atoms with van der Waals surface area (Å²) in [7, 11) is 1.70. The van der Waals surface area contributed by atoms with Crippen LogP contribution in [0.4, 0.5) is 0 Å². The predicted octanol–water partition coefficient (Wildman–Crippen LogP) is -0.386. The third-order valence-corrected chi connectivity index (χ3v) is 2.16. The van der Waals surface area contributed by atoms with E-state index in [0.29, 0.717) is 13.2 Å². The van der Waals surface area contributed by atoms with E-state index in [1.807, 2.05) is 0 Å². The van der Waals surface area contributed by atoms with E-state index in [0.717, 1.165) is 6.42 Å². The molecule has 1 unspecified atom stereocenters. The van der Waals surface area contributed by atoms with Crippen molar-refractivity contribution in [1.82, 2.24) is 4.90 Å². The van der Waals surface area contributed by atoms with Gasteiger partial charge in [0, 0.05) is 13.7 Å². The summed E-state index contributed by atoms with van der Waals surface area (Å²) < 4.78 is 5.13. The lowest BCUT2D eigenvalue weighted by atomic mass is 10.2. The number of hydrogen-bond acceptors (Lipinski definition) is 3. The Kier molecular flexibility index (Phi) is 3.05. The Labute approximate surface area is 72.1 Å². The molecule has 12 heavy (non-hydrogen) atoms. The van der Waals surface area contributed by atoms with Gasteiger partial charge in [0.25, 0.3) is 5.91 Å². The van der Waals surface area contributed by atoms with Gasteiger partial charge in [0.05, 0.1) is 12.6 Å². The molecule has 2 atom stereocenters. The minimum absolute atomic E-state index is 0.145. The van der Waals surface area contributed by atoms with Gasteiger partial charge >= 0.3 is 0 Å². The first-order valence-electron chi connectivity index (χ1n) is 4.15. The number of ether oxygens (including phenoxy) is 1. The van der Waals surface area contributed by atoms with Crippen LogP contribution < -0.4 is 0 Å². The number of aliphatic hydroxyl groups is 1. The highest BCUT2D eigenvalue weighted by molar-refractivity contribution is 5.80. The molecule has 1 heterocycles. The van der Waals surface area contributed by atoms with E-state index in [1.54, 1.807) is 11.9 Å². The highest BCUT2D eigenvalue weighted by atomic mass is 16.5. The van der Waals surface area contributed by atoms with Crippen LogP contribution in [0.2, 0.25) is 0 Å². The molecule has 1 N–H and O–H groups in total. The molecule has 1 aliphatic heterocycles. The molecule has 1 rings (SSSR count). The summed E-state index contributed by atoms with van der Waals surface area (Å²) in [6, 6.07) is 0.145. The molecule has 0 aromatic rings. The minimum Gasteiger partial charge on any atom is -0.384 e. The van der Waals surface area contributed by atoms with Gasteiger partial charge in [-0.1, -0.05) is 0 Å². The summed E-state index contributed by atoms with van der Waals surface area (Å²) in [6.07, 6.45) is -0.0369. The Balaban J connectivity index is 2.45. The molecule has 0 aromatic carbocycles. The van der Waals surface area contributed by atoms with Crippen LogP contribution in [0.25, 0.3) is 0 Å². The van der Waals surface area contributed by atoms with Crippen molar-refractivity contribution in [3.63, 3.8) is 0 Å². The summed E-state index contributed by atoms with van der Waals surface area (Å²) in [5.74, 6) is -0.231. The summed E-state index contributed by atoms with van der Waals surface area (Å²) in [4.78, 5) is 12.8. The smallest absolute Gasteiger partial charge is 0.251 e. The Morgan fingerprint density at radius 1 is 1.75 bits per heavy atom. The van der Waals surface area contributed by atoms with Crippen molar-refractivity contribution >= 4 is 5.91 Å². The maximum atomic E-state index is 11.3. The highest BCUT2D eigenvalue weighted by Crippen LogP contribution is 2.11. The SMILES string of the molecule is C[C@H](O)C(=O)N(C)C1CCOC1.